The van der Waals surface area contributed by atoms with E-state index in [-0.39, 0.29) is 0 Å². The fraction of sp³-hybridized carbons (Fsp3) is 0.615. The van der Waals surface area contributed by atoms with E-state index in [1.807, 2.05) is 0 Å². The molecule has 0 unspecified atom stereocenters. The van der Waals surface area contributed by atoms with Crippen LogP contribution in [-0.2, 0) is 9.47 Å². The van der Waals surface area contributed by atoms with E-state index < -0.39 is 0 Å². The quantitative estimate of drug-likeness (QED) is 0.454. The Labute approximate surface area is 140 Å². The van der Waals surface area contributed by atoms with Gasteiger partial charge >= 0.3 is 0 Å². The molecule has 1 aliphatic heterocycles. The van der Waals surface area contributed by atoms with Gasteiger partial charge < -0.3 is 25.0 Å². The van der Waals surface area contributed by atoms with Gasteiger partial charge in [0.25, 0.3) is 0 Å². The standard InChI is InChI=1S/C13H20ClN5O2S/c1-20-6-2-3-15-13(22)18-12-16-10(14)9-11(17-12)19-4-7-21-8-5-19/h9H,2-8H2,1H3,(H2,15,16,17,18,22). The lowest BCUT2D eigenvalue weighted by Crippen LogP contribution is -2.37. The second kappa shape index (κ2) is 9.04. The SMILES string of the molecule is COCCCNC(=S)Nc1nc(Cl)cc(N2CCOCC2)n1. The lowest BCUT2D eigenvalue weighted by Gasteiger charge is -2.28. The number of nitrogens with one attached hydrogen (secondary N) is 2. The van der Waals surface area contributed by atoms with E-state index in [1.54, 1.807) is 13.2 Å². The predicted molar refractivity (Wildman–Crippen MR) is 90.8 cm³/mol. The number of nitrogens with zero attached hydrogens (tertiary/aromatic N) is 3. The van der Waals surface area contributed by atoms with Crippen LogP contribution in [0, 0.1) is 0 Å². The van der Waals surface area contributed by atoms with Crippen molar-refractivity contribution in [1.82, 2.24) is 15.3 Å². The van der Waals surface area contributed by atoms with Crippen molar-refractivity contribution >= 4 is 40.7 Å². The molecule has 7 nitrogen and oxygen atoms in total. The Morgan fingerprint density at radius 2 is 2.23 bits per heavy atom. The first-order valence-corrected chi connectivity index (χ1v) is 7.88. The zero-order valence-corrected chi connectivity index (χ0v) is 14.0. The third-order valence-electron chi connectivity index (χ3n) is 3.05. The Morgan fingerprint density at radius 3 is 2.95 bits per heavy atom. The van der Waals surface area contributed by atoms with Crippen LogP contribution in [0.1, 0.15) is 6.42 Å². The van der Waals surface area contributed by atoms with E-state index in [1.165, 1.54) is 0 Å². The Kier molecular flexibility index (Phi) is 7.04. The number of rotatable bonds is 6. The average Bonchev–Trinajstić information content (AvgIpc) is 2.52. The van der Waals surface area contributed by atoms with Gasteiger partial charge in [-0.2, -0.15) is 4.98 Å². The summed E-state index contributed by atoms with van der Waals surface area (Å²) in [6, 6.07) is 1.74. The minimum Gasteiger partial charge on any atom is -0.385 e. The normalized spacial score (nSPS) is 14.7. The molecule has 1 fully saturated rings. The Morgan fingerprint density at radius 1 is 1.45 bits per heavy atom. The molecule has 0 radical (unpaired) electrons. The summed E-state index contributed by atoms with van der Waals surface area (Å²) in [5, 5.41) is 6.86. The van der Waals surface area contributed by atoms with Gasteiger partial charge in [-0.1, -0.05) is 11.6 Å². The first-order chi connectivity index (χ1) is 10.7. The number of ether oxygens (including phenoxy) is 2. The average molecular weight is 346 g/mol. The molecule has 2 rings (SSSR count). The number of halogens is 1. The molecule has 0 aliphatic carbocycles. The second-order valence-electron chi connectivity index (χ2n) is 4.70. The molecular weight excluding hydrogens is 326 g/mol. The van der Waals surface area contributed by atoms with Gasteiger partial charge in [0.15, 0.2) is 5.11 Å². The molecule has 22 heavy (non-hydrogen) atoms. The summed E-state index contributed by atoms with van der Waals surface area (Å²) in [5.74, 6) is 1.16. The van der Waals surface area contributed by atoms with E-state index in [0.717, 1.165) is 31.9 Å². The van der Waals surface area contributed by atoms with Gasteiger partial charge in [-0.15, -0.1) is 0 Å². The van der Waals surface area contributed by atoms with Crippen LogP contribution in [0.5, 0.6) is 0 Å². The van der Waals surface area contributed by atoms with Gasteiger partial charge in [0.2, 0.25) is 5.95 Å². The summed E-state index contributed by atoms with van der Waals surface area (Å²) >= 11 is 11.3. The van der Waals surface area contributed by atoms with Gasteiger partial charge in [-0.05, 0) is 18.6 Å². The Balaban J connectivity index is 1.92. The largest absolute Gasteiger partial charge is 0.385 e. The number of hydrogen-bond donors (Lipinski definition) is 2. The minimum absolute atomic E-state index is 0.376. The van der Waals surface area contributed by atoms with E-state index in [2.05, 4.69) is 25.5 Å². The molecule has 1 aliphatic rings. The third kappa shape index (κ3) is 5.53. The van der Waals surface area contributed by atoms with Gasteiger partial charge in [0, 0.05) is 39.4 Å². The molecule has 1 aromatic heterocycles. The van der Waals surface area contributed by atoms with Crippen molar-refractivity contribution in [2.75, 3.05) is 56.8 Å². The number of thiocarbonyl (C=S) groups is 1. The van der Waals surface area contributed by atoms with Crippen molar-refractivity contribution < 1.29 is 9.47 Å². The highest BCUT2D eigenvalue weighted by atomic mass is 35.5. The van der Waals surface area contributed by atoms with Crippen molar-refractivity contribution in [3.63, 3.8) is 0 Å². The smallest absolute Gasteiger partial charge is 0.232 e. The maximum absolute atomic E-state index is 6.07. The molecule has 0 amide bonds. The fourth-order valence-corrected chi connectivity index (χ4v) is 2.35. The van der Waals surface area contributed by atoms with E-state index >= 15 is 0 Å². The molecule has 0 aromatic carbocycles. The minimum atomic E-state index is 0.376. The van der Waals surface area contributed by atoms with Crippen LogP contribution < -0.4 is 15.5 Å². The van der Waals surface area contributed by atoms with Crippen molar-refractivity contribution in [3.8, 4) is 0 Å². The van der Waals surface area contributed by atoms with Crippen molar-refractivity contribution in [3.05, 3.63) is 11.2 Å². The number of anilines is 2. The molecule has 122 valence electrons. The molecule has 1 aromatic rings. The zero-order chi connectivity index (χ0) is 15.8. The van der Waals surface area contributed by atoms with Crippen LogP contribution in [-0.4, -0.2) is 61.6 Å². The van der Waals surface area contributed by atoms with Crippen LogP contribution in [0.4, 0.5) is 11.8 Å². The highest BCUT2D eigenvalue weighted by Crippen LogP contribution is 2.19. The van der Waals surface area contributed by atoms with Crippen molar-refractivity contribution in [1.29, 1.82) is 0 Å². The second-order valence-corrected chi connectivity index (χ2v) is 5.49. The summed E-state index contributed by atoms with van der Waals surface area (Å²) in [5.41, 5.74) is 0. The van der Waals surface area contributed by atoms with Crippen LogP contribution >= 0.6 is 23.8 Å². The maximum atomic E-state index is 6.07. The van der Waals surface area contributed by atoms with E-state index in [4.69, 9.17) is 33.3 Å². The summed E-state index contributed by atoms with van der Waals surface area (Å²) in [7, 11) is 1.67. The van der Waals surface area contributed by atoms with Gasteiger partial charge in [0.05, 0.1) is 13.2 Å². The lowest BCUT2D eigenvalue weighted by atomic mass is 10.4. The van der Waals surface area contributed by atoms with E-state index in [0.29, 0.717) is 36.0 Å². The van der Waals surface area contributed by atoms with Crippen molar-refractivity contribution in [2.45, 2.75) is 6.42 Å². The molecule has 0 bridgehead atoms. The molecular formula is C13H20ClN5O2S. The summed E-state index contributed by atoms with van der Waals surface area (Å²) in [6.45, 7) is 4.34. The van der Waals surface area contributed by atoms with Crippen molar-refractivity contribution in [2.24, 2.45) is 0 Å². The summed E-state index contributed by atoms with van der Waals surface area (Å²) in [4.78, 5) is 10.7. The van der Waals surface area contributed by atoms with Gasteiger partial charge in [-0.3, -0.25) is 0 Å². The summed E-state index contributed by atoms with van der Waals surface area (Å²) < 4.78 is 10.3. The topological polar surface area (TPSA) is 71.5 Å². The number of hydrogen-bond acceptors (Lipinski definition) is 6. The molecule has 9 heteroatoms. The van der Waals surface area contributed by atoms with Gasteiger partial charge in [-0.25, -0.2) is 4.98 Å². The highest BCUT2D eigenvalue weighted by Gasteiger charge is 2.14. The monoisotopic (exact) mass is 345 g/mol. The van der Waals surface area contributed by atoms with Crippen LogP contribution in [0.25, 0.3) is 0 Å². The first kappa shape index (κ1) is 17.1. The highest BCUT2D eigenvalue weighted by molar-refractivity contribution is 7.80. The molecule has 2 heterocycles. The van der Waals surface area contributed by atoms with Crippen LogP contribution in [0.3, 0.4) is 0 Å². The fourth-order valence-electron chi connectivity index (χ4n) is 1.98. The first-order valence-electron chi connectivity index (χ1n) is 7.10. The summed E-state index contributed by atoms with van der Waals surface area (Å²) in [6.07, 6.45) is 0.869. The Hall–Kier alpha value is -1.22. The molecule has 0 atom stereocenters. The third-order valence-corrected chi connectivity index (χ3v) is 3.49. The number of morpholine rings is 1. The molecule has 1 saturated heterocycles. The molecule has 0 spiro atoms. The zero-order valence-electron chi connectivity index (χ0n) is 12.5. The predicted octanol–water partition coefficient (Wildman–Crippen LogP) is 1.29. The van der Waals surface area contributed by atoms with Crippen LogP contribution in [0.2, 0.25) is 5.15 Å². The van der Waals surface area contributed by atoms with E-state index in [9.17, 15) is 0 Å². The Bertz CT molecular complexity index is 499. The van der Waals surface area contributed by atoms with Crippen LogP contribution in [0.15, 0.2) is 6.07 Å². The lowest BCUT2D eigenvalue weighted by molar-refractivity contribution is 0.122. The maximum Gasteiger partial charge on any atom is 0.232 e. The molecule has 2 N–H and O–H groups in total. The number of methoxy groups -OCH3 is 1. The number of aromatic nitrogens is 2. The van der Waals surface area contributed by atoms with Gasteiger partial charge in [0.1, 0.15) is 11.0 Å². The molecule has 0 saturated carbocycles.